The first-order valence-electron chi connectivity index (χ1n) is 7.73. The minimum atomic E-state index is -3.34. The summed E-state index contributed by atoms with van der Waals surface area (Å²) in [6.07, 6.45) is 0. The number of rotatable bonds is 5. The van der Waals surface area contributed by atoms with E-state index in [1.54, 1.807) is 6.07 Å². The van der Waals surface area contributed by atoms with E-state index in [1.165, 1.54) is 18.4 Å². The van der Waals surface area contributed by atoms with Gasteiger partial charge in [0.25, 0.3) is 5.91 Å². The molecule has 1 fully saturated rings. The Bertz CT molecular complexity index is 811. The fourth-order valence-electron chi connectivity index (χ4n) is 2.78. The van der Waals surface area contributed by atoms with Crippen molar-refractivity contribution in [3.8, 4) is 0 Å². The molecule has 0 unspecified atom stereocenters. The molecular formula is C16H21N3O4S. The monoisotopic (exact) mass is 351 g/mol. The van der Waals surface area contributed by atoms with Crippen LogP contribution >= 0.6 is 0 Å². The van der Waals surface area contributed by atoms with E-state index in [1.807, 2.05) is 24.3 Å². The fraction of sp³-hybridized carbons (Fsp3) is 0.438. The van der Waals surface area contributed by atoms with Gasteiger partial charge in [-0.2, -0.15) is 0 Å². The second-order valence-corrected chi connectivity index (χ2v) is 8.44. The highest BCUT2D eigenvalue weighted by molar-refractivity contribution is 7.89. The van der Waals surface area contributed by atoms with Crippen LogP contribution in [-0.4, -0.2) is 62.7 Å². The van der Waals surface area contributed by atoms with Crippen molar-refractivity contribution in [1.29, 1.82) is 0 Å². The molecule has 0 radical (unpaired) electrons. The van der Waals surface area contributed by atoms with Crippen LogP contribution in [0.2, 0.25) is 0 Å². The van der Waals surface area contributed by atoms with Crippen molar-refractivity contribution < 1.29 is 17.9 Å². The summed E-state index contributed by atoms with van der Waals surface area (Å²) in [7, 11) is -0.335. The predicted molar refractivity (Wildman–Crippen MR) is 91.3 cm³/mol. The number of benzene rings is 1. The first kappa shape index (κ1) is 16.9. The molecule has 130 valence electrons. The van der Waals surface area contributed by atoms with Crippen LogP contribution in [0.1, 0.15) is 10.5 Å². The van der Waals surface area contributed by atoms with E-state index in [0.717, 1.165) is 10.9 Å². The molecule has 2 N–H and O–H groups in total. The van der Waals surface area contributed by atoms with Crippen LogP contribution < -0.4 is 5.32 Å². The van der Waals surface area contributed by atoms with E-state index in [4.69, 9.17) is 4.74 Å². The van der Waals surface area contributed by atoms with Crippen molar-refractivity contribution in [2.45, 2.75) is 6.04 Å². The fourth-order valence-corrected chi connectivity index (χ4v) is 3.95. The number of nitrogens with zero attached hydrogens (tertiary/aromatic N) is 1. The molecular weight excluding hydrogens is 330 g/mol. The van der Waals surface area contributed by atoms with Gasteiger partial charge in [-0.3, -0.25) is 4.79 Å². The van der Waals surface area contributed by atoms with E-state index in [2.05, 4.69) is 10.3 Å². The minimum Gasteiger partial charge on any atom is -0.379 e. The standard InChI is InChI=1S/C16H21N3O4S/c1-19(2)24(21,22)10-12-8-23-9-15(12)18-16(20)14-7-11-5-3-4-6-13(11)17-14/h3-7,12,15,17H,8-10H2,1-2H3,(H,18,20)/t12-,15-/m0/s1. The van der Waals surface area contributed by atoms with Crippen molar-refractivity contribution in [2.75, 3.05) is 33.1 Å². The lowest BCUT2D eigenvalue weighted by molar-refractivity contribution is 0.0922. The third-order valence-electron chi connectivity index (χ3n) is 4.27. The van der Waals surface area contributed by atoms with Crippen molar-refractivity contribution in [2.24, 2.45) is 5.92 Å². The summed E-state index contributed by atoms with van der Waals surface area (Å²) in [6.45, 7) is 0.643. The van der Waals surface area contributed by atoms with Gasteiger partial charge in [0.15, 0.2) is 0 Å². The van der Waals surface area contributed by atoms with Crippen LogP contribution in [-0.2, 0) is 14.8 Å². The first-order chi connectivity index (χ1) is 11.4. The average Bonchev–Trinajstić information content (AvgIpc) is 3.13. The number of hydrogen-bond acceptors (Lipinski definition) is 4. The molecule has 0 spiro atoms. The van der Waals surface area contributed by atoms with Gasteiger partial charge in [-0.25, -0.2) is 12.7 Å². The molecule has 1 aliphatic heterocycles. The van der Waals surface area contributed by atoms with Crippen LogP contribution in [0.15, 0.2) is 30.3 Å². The lowest BCUT2D eigenvalue weighted by atomic mass is 10.1. The molecule has 1 saturated heterocycles. The molecule has 3 rings (SSSR count). The molecule has 2 heterocycles. The summed E-state index contributed by atoms with van der Waals surface area (Å²) in [4.78, 5) is 15.5. The van der Waals surface area contributed by atoms with Gasteiger partial charge in [-0.1, -0.05) is 18.2 Å². The second-order valence-electron chi connectivity index (χ2n) is 6.21. The zero-order valence-corrected chi connectivity index (χ0v) is 14.5. The number of H-pyrrole nitrogens is 1. The quantitative estimate of drug-likeness (QED) is 0.834. The lowest BCUT2D eigenvalue weighted by Gasteiger charge is -2.20. The van der Waals surface area contributed by atoms with Crippen molar-refractivity contribution in [3.63, 3.8) is 0 Å². The van der Waals surface area contributed by atoms with E-state index >= 15 is 0 Å². The zero-order chi connectivity index (χ0) is 17.3. The van der Waals surface area contributed by atoms with Gasteiger partial charge in [0.2, 0.25) is 10.0 Å². The topological polar surface area (TPSA) is 91.5 Å². The molecule has 0 bridgehead atoms. The largest absolute Gasteiger partial charge is 0.379 e. The molecule has 7 nitrogen and oxygen atoms in total. The van der Waals surface area contributed by atoms with Gasteiger partial charge < -0.3 is 15.0 Å². The Hall–Kier alpha value is -1.90. The Balaban J connectivity index is 1.71. The second kappa shape index (κ2) is 6.54. The summed E-state index contributed by atoms with van der Waals surface area (Å²) in [5.74, 6) is -0.558. The summed E-state index contributed by atoms with van der Waals surface area (Å²) in [6, 6.07) is 9.09. The predicted octanol–water partition coefficient (Wildman–Crippen LogP) is 0.804. The van der Waals surface area contributed by atoms with Gasteiger partial charge >= 0.3 is 0 Å². The number of aromatic nitrogens is 1. The maximum absolute atomic E-state index is 12.5. The number of fused-ring (bicyclic) bond motifs is 1. The minimum absolute atomic E-state index is 0.0440. The van der Waals surface area contributed by atoms with E-state index in [0.29, 0.717) is 18.9 Å². The van der Waals surface area contributed by atoms with Gasteiger partial charge in [-0.05, 0) is 12.1 Å². The molecule has 1 aromatic carbocycles. The van der Waals surface area contributed by atoms with Gasteiger partial charge in [-0.15, -0.1) is 0 Å². The lowest BCUT2D eigenvalue weighted by Crippen LogP contribution is -2.43. The zero-order valence-electron chi connectivity index (χ0n) is 13.7. The third-order valence-corrected chi connectivity index (χ3v) is 6.23. The van der Waals surface area contributed by atoms with Crippen molar-refractivity contribution >= 4 is 26.8 Å². The van der Waals surface area contributed by atoms with E-state index < -0.39 is 10.0 Å². The molecule has 1 aromatic heterocycles. The van der Waals surface area contributed by atoms with Crippen LogP contribution in [0.3, 0.4) is 0 Å². The number of para-hydroxylation sites is 1. The molecule has 0 saturated carbocycles. The molecule has 1 aliphatic rings. The summed E-state index contributed by atoms with van der Waals surface area (Å²) in [5, 5.41) is 3.85. The van der Waals surface area contributed by atoms with Crippen LogP contribution in [0.25, 0.3) is 10.9 Å². The van der Waals surface area contributed by atoms with E-state index in [-0.39, 0.29) is 23.6 Å². The summed E-state index contributed by atoms with van der Waals surface area (Å²) in [5.41, 5.74) is 1.34. The maximum atomic E-state index is 12.5. The SMILES string of the molecule is CN(C)S(=O)(=O)C[C@@H]1COC[C@@H]1NC(=O)c1cc2ccccc2[nH]1. The Morgan fingerprint density at radius 2 is 2.08 bits per heavy atom. The van der Waals surface area contributed by atoms with Crippen LogP contribution in [0.4, 0.5) is 0 Å². The summed E-state index contributed by atoms with van der Waals surface area (Å²) < 4.78 is 30.7. The normalized spacial score (nSPS) is 21.5. The number of nitrogens with one attached hydrogen (secondary N) is 2. The molecule has 8 heteroatoms. The van der Waals surface area contributed by atoms with Gasteiger partial charge in [0, 0.05) is 30.9 Å². The Labute approximate surface area is 141 Å². The number of sulfonamides is 1. The Morgan fingerprint density at radius 1 is 1.33 bits per heavy atom. The van der Waals surface area contributed by atoms with Crippen molar-refractivity contribution in [1.82, 2.24) is 14.6 Å². The first-order valence-corrected chi connectivity index (χ1v) is 9.34. The number of carbonyl (C=O) groups excluding carboxylic acids is 1. The number of ether oxygens (including phenoxy) is 1. The Kier molecular flexibility index (Phi) is 4.62. The van der Waals surface area contributed by atoms with Gasteiger partial charge in [0.05, 0.1) is 25.0 Å². The number of carbonyl (C=O) groups is 1. The molecule has 0 aliphatic carbocycles. The number of amides is 1. The molecule has 1 amide bonds. The highest BCUT2D eigenvalue weighted by Crippen LogP contribution is 2.19. The number of hydrogen-bond donors (Lipinski definition) is 2. The molecule has 24 heavy (non-hydrogen) atoms. The molecule has 2 atom stereocenters. The maximum Gasteiger partial charge on any atom is 0.268 e. The number of aromatic amines is 1. The summed E-state index contributed by atoms with van der Waals surface area (Å²) >= 11 is 0. The smallest absolute Gasteiger partial charge is 0.268 e. The van der Waals surface area contributed by atoms with Gasteiger partial charge in [0.1, 0.15) is 5.69 Å². The highest BCUT2D eigenvalue weighted by atomic mass is 32.2. The highest BCUT2D eigenvalue weighted by Gasteiger charge is 2.34. The average molecular weight is 351 g/mol. The van der Waals surface area contributed by atoms with Crippen molar-refractivity contribution in [3.05, 3.63) is 36.0 Å². The Morgan fingerprint density at radius 3 is 2.79 bits per heavy atom. The van der Waals surface area contributed by atoms with Crippen LogP contribution in [0, 0.1) is 5.92 Å². The van der Waals surface area contributed by atoms with Crippen LogP contribution in [0.5, 0.6) is 0 Å². The molecule has 2 aromatic rings. The van der Waals surface area contributed by atoms with E-state index in [9.17, 15) is 13.2 Å². The third kappa shape index (κ3) is 3.45.